The van der Waals surface area contributed by atoms with E-state index in [-0.39, 0.29) is 17.9 Å². The first-order chi connectivity index (χ1) is 11.8. The maximum atomic E-state index is 11.0. The van der Waals surface area contributed by atoms with E-state index < -0.39 is 32.7 Å². The lowest BCUT2D eigenvalue weighted by atomic mass is 10.0. The van der Waals surface area contributed by atoms with Crippen molar-refractivity contribution in [1.82, 2.24) is 0 Å². The molecule has 132 valence electrons. The van der Waals surface area contributed by atoms with Crippen LogP contribution in [0.3, 0.4) is 0 Å². The van der Waals surface area contributed by atoms with Crippen LogP contribution >= 0.6 is 0 Å². The Hall–Kier alpha value is -3.56. The number of benzene rings is 2. The molecule has 0 bridgehead atoms. The summed E-state index contributed by atoms with van der Waals surface area (Å²) >= 11 is 0. The number of nitro benzene ring substituents is 2. The second kappa shape index (κ2) is 6.91. The number of phenols is 2. The van der Waals surface area contributed by atoms with Crippen LogP contribution in [0.1, 0.15) is 11.1 Å². The average Bonchev–Trinajstić information content (AvgIpc) is 2.56. The Morgan fingerprint density at radius 3 is 1.48 bits per heavy atom. The Labute approximate surface area is 141 Å². The molecule has 0 aliphatic rings. The molecule has 0 spiro atoms. The van der Waals surface area contributed by atoms with Gasteiger partial charge in [0, 0.05) is 12.1 Å². The highest BCUT2D eigenvalue weighted by Crippen LogP contribution is 2.40. The van der Waals surface area contributed by atoms with Gasteiger partial charge in [-0.05, 0) is 29.7 Å². The topological polar surface area (TPSA) is 145 Å². The molecule has 2 N–H and O–H groups in total. The van der Waals surface area contributed by atoms with Crippen LogP contribution in [-0.4, -0.2) is 34.3 Å². The summed E-state index contributed by atoms with van der Waals surface area (Å²) < 4.78 is 9.83. The van der Waals surface area contributed by atoms with E-state index in [0.717, 1.165) is 12.1 Å². The molecule has 0 radical (unpaired) electrons. The van der Waals surface area contributed by atoms with Gasteiger partial charge in [0.1, 0.15) is 0 Å². The Bertz CT molecular complexity index is 780. The molecule has 0 fully saturated rings. The fourth-order valence-corrected chi connectivity index (χ4v) is 2.33. The summed E-state index contributed by atoms with van der Waals surface area (Å²) in [6.07, 6.45) is 0.0506. The number of hydrogen-bond donors (Lipinski definition) is 2. The molecule has 0 unspecified atom stereocenters. The van der Waals surface area contributed by atoms with Gasteiger partial charge in [-0.2, -0.15) is 0 Å². The lowest BCUT2D eigenvalue weighted by molar-refractivity contribution is -0.386. The monoisotopic (exact) mass is 350 g/mol. The minimum absolute atomic E-state index is 0.0506. The van der Waals surface area contributed by atoms with Gasteiger partial charge in [0.05, 0.1) is 24.1 Å². The third kappa shape index (κ3) is 3.52. The predicted molar refractivity (Wildman–Crippen MR) is 85.4 cm³/mol. The van der Waals surface area contributed by atoms with Crippen LogP contribution in [0, 0.1) is 20.2 Å². The third-order valence-corrected chi connectivity index (χ3v) is 3.47. The van der Waals surface area contributed by atoms with Gasteiger partial charge in [-0.3, -0.25) is 20.2 Å². The second-order valence-electron chi connectivity index (χ2n) is 5.02. The highest BCUT2D eigenvalue weighted by molar-refractivity contribution is 5.60. The van der Waals surface area contributed by atoms with E-state index in [1.807, 2.05) is 0 Å². The molecule has 0 amide bonds. The maximum Gasteiger partial charge on any atom is 0.314 e. The van der Waals surface area contributed by atoms with E-state index in [4.69, 9.17) is 9.47 Å². The Kier molecular flexibility index (Phi) is 4.92. The number of hydrogen-bond acceptors (Lipinski definition) is 8. The number of aromatic hydroxyl groups is 2. The van der Waals surface area contributed by atoms with Gasteiger partial charge < -0.3 is 19.7 Å². The Morgan fingerprint density at radius 2 is 1.20 bits per heavy atom. The molecular formula is C15H14N2O8. The number of phenolic OH excluding ortho intramolecular Hbond substituents is 2. The van der Waals surface area contributed by atoms with Crippen LogP contribution in [0.15, 0.2) is 24.3 Å². The summed E-state index contributed by atoms with van der Waals surface area (Å²) in [5.41, 5.74) is -0.337. The zero-order chi connectivity index (χ0) is 18.7. The summed E-state index contributed by atoms with van der Waals surface area (Å²) in [6.45, 7) is 0. The van der Waals surface area contributed by atoms with Crippen molar-refractivity contribution in [3.63, 3.8) is 0 Å². The van der Waals surface area contributed by atoms with Crippen LogP contribution in [-0.2, 0) is 6.42 Å². The molecule has 2 aromatic rings. The fourth-order valence-electron chi connectivity index (χ4n) is 2.33. The molecule has 2 aromatic carbocycles. The van der Waals surface area contributed by atoms with Crippen molar-refractivity contribution in [2.24, 2.45) is 0 Å². The largest absolute Gasteiger partial charge is 0.500 e. The molecule has 0 saturated carbocycles. The van der Waals surface area contributed by atoms with Gasteiger partial charge in [-0.15, -0.1) is 0 Å². The molecule has 10 heteroatoms. The summed E-state index contributed by atoms with van der Waals surface area (Å²) in [5, 5.41) is 41.6. The van der Waals surface area contributed by atoms with Crippen molar-refractivity contribution in [3.8, 4) is 23.0 Å². The van der Waals surface area contributed by atoms with Crippen molar-refractivity contribution in [1.29, 1.82) is 0 Å². The highest BCUT2D eigenvalue weighted by Gasteiger charge is 2.22. The van der Waals surface area contributed by atoms with Crippen LogP contribution in [0.4, 0.5) is 11.4 Å². The zero-order valence-electron chi connectivity index (χ0n) is 13.3. The van der Waals surface area contributed by atoms with Crippen LogP contribution in [0.5, 0.6) is 23.0 Å². The summed E-state index contributed by atoms with van der Waals surface area (Å²) in [5.74, 6) is -1.40. The SMILES string of the molecule is COc1cc(Cc2cc(OC)c(O)c([N+](=O)[O-])c2)cc([N+](=O)[O-])c1O. The van der Waals surface area contributed by atoms with Gasteiger partial charge in [0.2, 0.25) is 11.5 Å². The van der Waals surface area contributed by atoms with Gasteiger partial charge >= 0.3 is 11.4 Å². The first-order valence-electron chi connectivity index (χ1n) is 6.87. The molecule has 0 saturated heterocycles. The van der Waals surface area contributed by atoms with Gasteiger partial charge in [-0.25, -0.2) is 0 Å². The number of methoxy groups -OCH3 is 2. The van der Waals surface area contributed by atoms with E-state index in [1.165, 1.54) is 26.4 Å². The molecule has 0 aliphatic carbocycles. The average molecular weight is 350 g/mol. The van der Waals surface area contributed by atoms with E-state index in [1.54, 1.807) is 0 Å². The molecule has 0 aliphatic heterocycles. The minimum atomic E-state index is -0.763. The number of nitro groups is 2. The van der Waals surface area contributed by atoms with Crippen LogP contribution in [0.25, 0.3) is 0 Å². The number of ether oxygens (including phenoxy) is 2. The van der Waals surface area contributed by atoms with Crippen LogP contribution in [0.2, 0.25) is 0 Å². The van der Waals surface area contributed by atoms with E-state index in [9.17, 15) is 30.4 Å². The minimum Gasteiger partial charge on any atom is -0.500 e. The summed E-state index contributed by atoms with van der Waals surface area (Å²) in [7, 11) is 2.49. The van der Waals surface area contributed by atoms with Crippen molar-refractivity contribution >= 4 is 11.4 Å². The molecular weight excluding hydrogens is 336 g/mol. The maximum absolute atomic E-state index is 11.0. The van der Waals surface area contributed by atoms with E-state index in [0.29, 0.717) is 11.1 Å². The smallest absolute Gasteiger partial charge is 0.314 e. The highest BCUT2D eigenvalue weighted by atomic mass is 16.6. The standard InChI is InChI=1S/C15H14N2O8/c1-24-12-6-8(4-10(14(12)18)16(20)21)3-9-5-11(17(22)23)15(19)13(7-9)25-2/h4-7,18-19H,3H2,1-2H3. The fraction of sp³-hybridized carbons (Fsp3) is 0.200. The normalized spacial score (nSPS) is 10.3. The zero-order valence-corrected chi connectivity index (χ0v) is 13.3. The first-order valence-corrected chi connectivity index (χ1v) is 6.87. The van der Waals surface area contributed by atoms with Gasteiger partial charge in [0.15, 0.2) is 11.5 Å². The quantitative estimate of drug-likeness (QED) is 0.597. The van der Waals surface area contributed by atoms with Crippen LogP contribution < -0.4 is 9.47 Å². The predicted octanol–water partition coefficient (Wildman–Crippen LogP) is 2.52. The van der Waals surface area contributed by atoms with E-state index >= 15 is 0 Å². The molecule has 0 aromatic heterocycles. The Balaban J connectivity index is 2.53. The Morgan fingerprint density at radius 1 is 0.840 bits per heavy atom. The number of nitrogens with zero attached hydrogens (tertiary/aromatic N) is 2. The van der Waals surface area contributed by atoms with Gasteiger partial charge in [-0.1, -0.05) is 0 Å². The molecule has 10 nitrogen and oxygen atoms in total. The molecule has 25 heavy (non-hydrogen) atoms. The van der Waals surface area contributed by atoms with Crippen molar-refractivity contribution in [2.75, 3.05) is 14.2 Å². The second-order valence-corrected chi connectivity index (χ2v) is 5.02. The summed E-state index contributed by atoms with van der Waals surface area (Å²) in [4.78, 5) is 20.5. The molecule has 2 rings (SSSR count). The lowest BCUT2D eigenvalue weighted by Gasteiger charge is -2.10. The van der Waals surface area contributed by atoms with Crippen molar-refractivity contribution < 1.29 is 29.5 Å². The van der Waals surface area contributed by atoms with Crippen molar-refractivity contribution in [3.05, 3.63) is 55.6 Å². The lowest BCUT2D eigenvalue weighted by Crippen LogP contribution is -1.98. The number of rotatable bonds is 6. The molecule has 0 atom stereocenters. The van der Waals surface area contributed by atoms with E-state index in [2.05, 4.69) is 0 Å². The first kappa shape index (κ1) is 17.8. The van der Waals surface area contributed by atoms with Crippen molar-refractivity contribution in [2.45, 2.75) is 6.42 Å². The van der Waals surface area contributed by atoms with Gasteiger partial charge in [0.25, 0.3) is 0 Å². The molecule has 0 heterocycles. The third-order valence-electron chi connectivity index (χ3n) is 3.47. The summed E-state index contributed by atoms with van der Waals surface area (Å²) in [6, 6.07) is 5.05.